The summed E-state index contributed by atoms with van der Waals surface area (Å²) >= 11 is 1.44. The molecule has 84 valence electrons. The van der Waals surface area contributed by atoms with Gasteiger partial charge in [0.05, 0.1) is 18.2 Å². The first-order valence-corrected chi connectivity index (χ1v) is 5.78. The lowest BCUT2D eigenvalue weighted by atomic mass is 10.1. The first kappa shape index (κ1) is 12.1. The van der Waals surface area contributed by atoms with Gasteiger partial charge in [0.2, 0.25) is 0 Å². The zero-order chi connectivity index (χ0) is 11.4. The molecule has 3 N–H and O–H groups in total. The lowest BCUT2D eigenvalue weighted by Gasteiger charge is -2.10. The van der Waals surface area contributed by atoms with Gasteiger partial charge in [-0.15, -0.1) is 11.3 Å². The Morgan fingerprint density at radius 2 is 2.33 bits per heavy atom. The fourth-order valence-corrected chi connectivity index (χ4v) is 2.17. The molecule has 1 unspecified atom stereocenters. The summed E-state index contributed by atoms with van der Waals surface area (Å²) in [5.74, 6) is -0.337. The van der Waals surface area contributed by atoms with E-state index in [1.54, 1.807) is 5.38 Å². The van der Waals surface area contributed by atoms with Gasteiger partial charge in [-0.05, 0) is 12.3 Å². The smallest absolute Gasteiger partial charge is 0.309 e. The average Bonchev–Trinajstić information content (AvgIpc) is 2.50. The molecule has 0 aliphatic rings. The number of carboxylic acids is 1. The third kappa shape index (κ3) is 3.97. The van der Waals surface area contributed by atoms with Gasteiger partial charge in [0.15, 0.2) is 0 Å². The van der Waals surface area contributed by atoms with E-state index in [4.69, 9.17) is 10.8 Å². The van der Waals surface area contributed by atoms with Crippen LogP contribution in [0.4, 0.5) is 0 Å². The van der Waals surface area contributed by atoms with Crippen LogP contribution in [-0.2, 0) is 11.2 Å². The molecular weight excluding hydrogens is 212 g/mol. The number of aliphatic carboxylic acids is 1. The summed E-state index contributed by atoms with van der Waals surface area (Å²) in [6.45, 7) is 4.21. The molecule has 0 aromatic carbocycles. The maximum Gasteiger partial charge on any atom is 0.309 e. The van der Waals surface area contributed by atoms with Crippen molar-refractivity contribution in [3.63, 3.8) is 0 Å². The summed E-state index contributed by atoms with van der Waals surface area (Å²) in [5.41, 5.74) is 6.54. The van der Waals surface area contributed by atoms with Gasteiger partial charge in [0.25, 0.3) is 0 Å². The van der Waals surface area contributed by atoms with Gasteiger partial charge in [0, 0.05) is 5.38 Å². The number of nitrogens with zero attached hydrogens (tertiary/aromatic N) is 1. The van der Waals surface area contributed by atoms with E-state index in [-0.39, 0.29) is 12.5 Å². The number of rotatable bonds is 5. The van der Waals surface area contributed by atoms with Gasteiger partial charge in [0.1, 0.15) is 5.01 Å². The molecule has 0 radical (unpaired) electrons. The van der Waals surface area contributed by atoms with Crippen molar-refractivity contribution in [3.8, 4) is 0 Å². The third-order valence-corrected chi connectivity index (χ3v) is 2.97. The minimum atomic E-state index is -0.857. The molecular formula is C10H16N2O2S. The fourth-order valence-electron chi connectivity index (χ4n) is 1.34. The maximum atomic E-state index is 10.5. The quantitative estimate of drug-likeness (QED) is 0.806. The molecule has 15 heavy (non-hydrogen) atoms. The van der Waals surface area contributed by atoms with Crippen LogP contribution in [0.25, 0.3) is 0 Å². The summed E-state index contributed by atoms with van der Waals surface area (Å²) in [6.07, 6.45) is 0.852. The predicted octanol–water partition coefficient (Wildman–Crippen LogP) is 1.82. The Kier molecular flexibility index (Phi) is 4.23. The lowest BCUT2D eigenvalue weighted by Crippen LogP contribution is -2.13. The normalized spacial score (nSPS) is 13.1. The molecule has 0 amide bonds. The number of carboxylic acid groups (broad SMARTS) is 1. The highest BCUT2D eigenvalue weighted by Gasteiger charge is 2.13. The van der Waals surface area contributed by atoms with Crippen molar-refractivity contribution in [2.24, 2.45) is 11.7 Å². The molecule has 0 spiro atoms. The van der Waals surface area contributed by atoms with E-state index in [2.05, 4.69) is 18.8 Å². The molecule has 1 heterocycles. The van der Waals surface area contributed by atoms with Crippen LogP contribution in [0.2, 0.25) is 0 Å². The van der Waals surface area contributed by atoms with Crippen LogP contribution >= 0.6 is 11.3 Å². The van der Waals surface area contributed by atoms with Crippen molar-refractivity contribution in [2.75, 3.05) is 0 Å². The monoisotopic (exact) mass is 228 g/mol. The molecule has 1 rings (SSSR count). The Morgan fingerprint density at radius 3 is 2.87 bits per heavy atom. The topological polar surface area (TPSA) is 76.2 Å². The number of hydrogen-bond donors (Lipinski definition) is 2. The predicted molar refractivity (Wildman–Crippen MR) is 59.8 cm³/mol. The first-order chi connectivity index (χ1) is 6.99. The van der Waals surface area contributed by atoms with Gasteiger partial charge in [-0.3, -0.25) is 4.79 Å². The van der Waals surface area contributed by atoms with Crippen LogP contribution in [0.15, 0.2) is 5.38 Å². The van der Waals surface area contributed by atoms with E-state index in [1.807, 2.05) is 0 Å². The van der Waals surface area contributed by atoms with Crippen LogP contribution in [0.3, 0.4) is 0 Å². The van der Waals surface area contributed by atoms with Crippen molar-refractivity contribution >= 4 is 17.3 Å². The van der Waals surface area contributed by atoms with Crippen molar-refractivity contribution in [2.45, 2.75) is 32.7 Å². The Bertz CT molecular complexity index is 336. The molecule has 1 aromatic heterocycles. The van der Waals surface area contributed by atoms with Gasteiger partial charge >= 0.3 is 5.97 Å². The Morgan fingerprint density at radius 1 is 1.67 bits per heavy atom. The van der Waals surface area contributed by atoms with E-state index >= 15 is 0 Å². The highest BCUT2D eigenvalue weighted by Crippen LogP contribution is 2.22. The molecule has 5 heteroatoms. The highest BCUT2D eigenvalue weighted by atomic mass is 32.1. The van der Waals surface area contributed by atoms with Crippen molar-refractivity contribution in [3.05, 3.63) is 16.1 Å². The molecule has 0 fully saturated rings. The minimum Gasteiger partial charge on any atom is -0.481 e. The second kappa shape index (κ2) is 5.23. The summed E-state index contributed by atoms with van der Waals surface area (Å²) in [4.78, 5) is 14.7. The SMILES string of the molecule is CC(C)CC(N)c1nc(CC(=O)O)cs1. The number of nitrogens with two attached hydrogens (primary N) is 1. The first-order valence-electron chi connectivity index (χ1n) is 4.90. The van der Waals surface area contributed by atoms with Crippen LogP contribution in [-0.4, -0.2) is 16.1 Å². The van der Waals surface area contributed by atoms with Gasteiger partial charge in [-0.1, -0.05) is 13.8 Å². The molecule has 1 aromatic rings. The number of hydrogen-bond acceptors (Lipinski definition) is 4. The van der Waals surface area contributed by atoms with E-state index in [0.717, 1.165) is 11.4 Å². The van der Waals surface area contributed by atoms with Crippen LogP contribution < -0.4 is 5.73 Å². The second-order valence-corrected chi connectivity index (χ2v) is 4.87. The van der Waals surface area contributed by atoms with Crippen LogP contribution in [0.1, 0.15) is 37.0 Å². The molecule has 0 saturated carbocycles. The standard InChI is InChI=1S/C10H16N2O2S/c1-6(2)3-8(11)10-12-7(5-15-10)4-9(13)14/h5-6,8H,3-4,11H2,1-2H3,(H,13,14). The summed E-state index contributed by atoms with van der Waals surface area (Å²) in [6, 6.07) is -0.0717. The number of thiazole rings is 1. The Balaban J connectivity index is 2.62. The molecule has 0 aliphatic heterocycles. The van der Waals surface area contributed by atoms with Gasteiger partial charge in [-0.2, -0.15) is 0 Å². The Hall–Kier alpha value is -0.940. The lowest BCUT2D eigenvalue weighted by molar-refractivity contribution is -0.136. The van der Waals surface area contributed by atoms with E-state index in [0.29, 0.717) is 11.6 Å². The van der Waals surface area contributed by atoms with E-state index in [1.165, 1.54) is 11.3 Å². The summed E-state index contributed by atoms with van der Waals surface area (Å²) < 4.78 is 0. The molecule has 0 aliphatic carbocycles. The van der Waals surface area contributed by atoms with Crippen LogP contribution in [0.5, 0.6) is 0 Å². The fraction of sp³-hybridized carbons (Fsp3) is 0.600. The highest BCUT2D eigenvalue weighted by molar-refractivity contribution is 7.09. The summed E-state index contributed by atoms with van der Waals surface area (Å²) in [7, 11) is 0. The van der Waals surface area contributed by atoms with Crippen molar-refractivity contribution in [1.82, 2.24) is 4.98 Å². The summed E-state index contributed by atoms with van der Waals surface area (Å²) in [5, 5.41) is 11.2. The van der Waals surface area contributed by atoms with Gasteiger partial charge < -0.3 is 10.8 Å². The molecule has 4 nitrogen and oxygen atoms in total. The van der Waals surface area contributed by atoms with Crippen molar-refractivity contribution in [1.29, 1.82) is 0 Å². The van der Waals surface area contributed by atoms with E-state index < -0.39 is 5.97 Å². The largest absolute Gasteiger partial charge is 0.481 e. The Labute approximate surface area is 93.1 Å². The number of carbonyl (C=O) groups is 1. The maximum absolute atomic E-state index is 10.5. The molecule has 1 atom stereocenters. The average molecular weight is 228 g/mol. The third-order valence-electron chi connectivity index (χ3n) is 1.94. The van der Waals surface area contributed by atoms with E-state index in [9.17, 15) is 4.79 Å². The zero-order valence-electron chi connectivity index (χ0n) is 8.93. The zero-order valence-corrected chi connectivity index (χ0v) is 9.75. The van der Waals surface area contributed by atoms with Gasteiger partial charge in [-0.25, -0.2) is 4.98 Å². The number of aromatic nitrogens is 1. The molecule has 0 bridgehead atoms. The molecule has 0 saturated heterocycles. The van der Waals surface area contributed by atoms with Crippen LogP contribution in [0, 0.1) is 5.92 Å². The van der Waals surface area contributed by atoms with Crippen molar-refractivity contribution < 1.29 is 9.90 Å². The minimum absolute atomic E-state index is 0.0229. The second-order valence-electron chi connectivity index (χ2n) is 3.98.